The molecule has 102 valence electrons. The highest BCUT2D eigenvalue weighted by Crippen LogP contribution is 2.32. The van der Waals surface area contributed by atoms with Crippen LogP contribution in [0.1, 0.15) is 12.8 Å². The van der Waals surface area contributed by atoms with Gasteiger partial charge in [-0.1, -0.05) is 0 Å². The number of carbonyl (C=O) groups excluding carboxylic acids is 1. The molecule has 6 heteroatoms. The van der Waals surface area contributed by atoms with Gasteiger partial charge in [0.2, 0.25) is 5.91 Å². The number of nitrogens with two attached hydrogens (primary N) is 1. The second kappa shape index (κ2) is 4.67. The van der Waals surface area contributed by atoms with Crippen LogP contribution in [-0.2, 0) is 4.79 Å². The minimum atomic E-state index is -0.311. The van der Waals surface area contributed by atoms with Gasteiger partial charge in [0, 0.05) is 38.2 Å². The van der Waals surface area contributed by atoms with Crippen LogP contribution in [0, 0.1) is 5.82 Å². The molecule has 2 N–H and O–H groups in total. The highest BCUT2D eigenvalue weighted by atomic mass is 79.9. The highest BCUT2D eigenvalue weighted by Gasteiger charge is 2.35. The average molecular weight is 328 g/mol. The third-order valence-electron chi connectivity index (χ3n) is 3.90. The number of nitrogens with zero attached hydrogens (tertiary/aromatic N) is 2. The van der Waals surface area contributed by atoms with Gasteiger partial charge in [-0.05, 0) is 28.4 Å². The lowest BCUT2D eigenvalue weighted by atomic mass is 10.1. The number of amides is 1. The van der Waals surface area contributed by atoms with Gasteiger partial charge >= 0.3 is 0 Å². The standard InChI is InChI=1S/C13H15BrFN3O/c14-9-5-11(16)12(6-10(9)15)17-3-4-18-8(7-17)1-2-13(18)19/h5-6,8H,1-4,7,16H2. The summed E-state index contributed by atoms with van der Waals surface area (Å²) in [5, 5.41) is 0. The molecule has 2 aliphatic heterocycles. The summed E-state index contributed by atoms with van der Waals surface area (Å²) < 4.78 is 14.0. The van der Waals surface area contributed by atoms with E-state index in [0.29, 0.717) is 29.7 Å². The van der Waals surface area contributed by atoms with Gasteiger partial charge in [-0.2, -0.15) is 0 Å². The molecular weight excluding hydrogens is 313 g/mol. The van der Waals surface area contributed by atoms with E-state index in [0.717, 1.165) is 18.7 Å². The van der Waals surface area contributed by atoms with Gasteiger partial charge < -0.3 is 15.5 Å². The molecule has 0 spiro atoms. The summed E-state index contributed by atoms with van der Waals surface area (Å²) in [6, 6.07) is 3.30. The van der Waals surface area contributed by atoms with Crippen LogP contribution in [0.4, 0.5) is 15.8 Å². The van der Waals surface area contributed by atoms with Crippen LogP contribution in [0.25, 0.3) is 0 Å². The summed E-state index contributed by atoms with van der Waals surface area (Å²) in [6.07, 6.45) is 1.51. The number of anilines is 2. The lowest BCUT2D eigenvalue weighted by Crippen LogP contribution is -2.51. The molecular formula is C13H15BrFN3O. The van der Waals surface area contributed by atoms with Crippen LogP contribution >= 0.6 is 15.9 Å². The fourth-order valence-electron chi connectivity index (χ4n) is 2.91. The number of piperazine rings is 1. The van der Waals surface area contributed by atoms with Gasteiger partial charge in [-0.25, -0.2) is 4.39 Å². The largest absolute Gasteiger partial charge is 0.397 e. The molecule has 0 aliphatic carbocycles. The average Bonchev–Trinajstić information content (AvgIpc) is 2.75. The molecule has 19 heavy (non-hydrogen) atoms. The van der Waals surface area contributed by atoms with Crippen molar-refractivity contribution in [2.75, 3.05) is 30.3 Å². The van der Waals surface area contributed by atoms with Crippen molar-refractivity contribution in [1.29, 1.82) is 0 Å². The smallest absolute Gasteiger partial charge is 0.223 e. The van der Waals surface area contributed by atoms with Crippen molar-refractivity contribution in [1.82, 2.24) is 4.90 Å². The minimum Gasteiger partial charge on any atom is -0.397 e. The Hall–Kier alpha value is -1.30. The van der Waals surface area contributed by atoms with E-state index in [2.05, 4.69) is 20.8 Å². The predicted molar refractivity (Wildman–Crippen MR) is 75.5 cm³/mol. The van der Waals surface area contributed by atoms with Crippen LogP contribution in [0.15, 0.2) is 16.6 Å². The fourth-order valence-corrected chi connectivity index (χ4v) is 3.27. The molecule has 2 fully saturated rings. The zero-order chi connectivity index (χ0) is 13.6. The van der Waals surface area contributed by atoms with E-state index in [1.807, 2.05) is 4.90 Å². The third kappa shape index (κ3) is 2.18. The van der Waals surface area contributed by atoms with Crippen molar-refractivity contribution in [3.05, 3.63) is 22.4 Å². The topological polar surface area (TPSA) is 49.6 Å². The lowest BCUT2D eigenvalue weighted by molar-refractivity contribution is -0.129. The molecule has 2 aliphatic rings. The Morgan fingerprint density at radius 1 is 1.37 bits per heavy atom. The first-order valence-corrected chi connectivity index (χ1v) is 7.14. The molecule has 0 saturated carbocycles. The van der Waals surface area contributed by atoms with Crippen LogP contribution in [-0.4, -0.2) is 36.5 Å². The SMILES string of the molecule is Nc1cc(Br)c(F)cc1N1CCN2C(=O)CCC2C1. The number of halogens is 2. The van der Waals surface area contributed by atoms with Gasteiger partial charge in [0.15, 0.2) is 0 Å². The van der Waals surface area contributed by atoms with Crippen LogP contribution in [0.2, 0.25) is 0 Å². The fraction of sp³-hybridized carbons (Fsp3) is 0.462. The first kappa shape index (κ1) is 12.7. The minimum absolute atomic E-state index is 0.236. The second-order valence-corrected chi connectivity index (χ2v) is 5.91. The van der Waals surface area contributed by atoms with Crippen molar-refractivity contribution in [3.63, 3.8) is 0 Å². The first-order valence-electron chi connectivity index (χ1n) is 6.35. The van der Waals surface area contributed by atoms with E-state index < -0.39 is 0 Å². The Morgan fingerprint density at radius 2 is 2.16 bits per heavy atom. The lowest BCUT2D eigenvalue weighted by Gasteiger charge is -2.39. The number of benzene rings is 1. The van der Waals surface area contributed by atoms with E-state index >= 15 is 0 Å². The quantitative estimate of drug-likeness (QED) is 0.802. The highest BCUT2D eigenvalue weighted by molar-refractivity contribution is 9.10. The summed E-state index contributed by atoms with van der Waals surface area (Å²) in [5.41, 5.74) is 7.25. The van der Waals surface area contributed by atoms with Crippen LogP contribution in [0.5, 0.6) is 0 Å². The molecule has 0 radical (unpaired) electrons. The maximum atomic E-state index is 13.7. The number of hydrogen-bond donors (Lipinski definition) is 1. The van der Waals surface area contributed by atoms with Crippen LogP contribution < -0.4 is 10.6 Å². The van der Waals surface area contributed by atoms with Gasteiger partial charge in [0.05, 0.1) is 15.8 Å². The molecule has 1 aromatic rings. The number of rotatable bonds is 1. The predicted octanol–water partition coefficient (Wildman–Crippen LogP) is 1.98. The van der Waals surface area contributed by atoms with E-state index in [1.165, 1.54) is 6.07 Å². The first-order chi connectivity index (χ1) is 9.06. The van der Waals surface area contributed by atoms with E-state index in [-0.39, 0.29) is 17.8 Å². The molecule has 0 bridgehead atoms. The maximum Gasteiger partial charge on any atom is 0.223 e. The Labute approximate surface area is 119 Å². The molecule has 2 saturated heterocycles. The van der Waals surface area contributed by atoms with Crippen LogP contribution in [0.3, 0.4) is 0 Å². The van der Waals surface area contributed by atoms with Crippen molar-refractivity contribution in [2.45, 2.75) is 18.9 Å². The van der Waals surface area contributed by atoms with Gasteiger partial charge in [-0.3, -0.25) is 4.79 Å². The molecule has 1 amide bonds. The Kier molecular flexibility index (Phi) is 3.12. The zero-order valence-electron chi connectivity index (χ0n) is 10.4. The van der Waals surface area contributed by atoms with Gasteiger partial charge in [0.1, 0.15) is 5.82 Å². The van der Waals surface area contributed by atoms with Crippen molar-refractivity contribution in [3.8, 4) is 0 Å². The molecule has 0 aromatic heterocycles. The summed E-state index contributed by atoms with van der Waals surface area (Å²) in [4.78, 5) is 15.6. The number of hydrogen-bond acceptors (Lipinski definition) is 3. The van der Waals surface area contributed by atoms with E-state index in [4.69, 9.17) is 5.73 Å². The summed E-state index contributed by atoms with van der Waals surface area (Å²) in [7, 11) is 0. The summed E-state index contributed by atoms with van der Waals surface area (Å²) >= 11 is 3.13. The number of fused-ring (bicyclic) bond motifs is 1. The van der Waals surface area contributed by atoms with Gasteiger partial charge in [-0.15, -0.1) is 0 Å². The normalized spacial score (nSPS) is 22.8. The van der Waals surface area contributed by atoms with Crippen molar-refractivity contribution >= 4 is 33.2 Å². The number of carbonyl (C=O) groups is 1. The Bertz CT molecular complexity index is 537. The number of nitrogen functional groups attached to an aromatic ring is 1. The van der Waals surface area contributed by atoms with Crippen molar-refractivity contribution < 1.29 is 9.18 Å². The maximum absolute atomic E-state index is 13.7. The van der Waals surface area contributed by atoms with E-state index in [9.17, 15) is 9.18 Å². The summed E-state index contributed by atoms with van der Waals surface area (Å²) in [5.74, 6) is -0.0752. The second-order valence-electron chi connectivity index (χ2n) is 5.05. The molecule has 1 aromatic carbocycles. The molecule has 4 nitrogen and oxygen atoms in total. The van der Waals surface area contributed by atoms with Crippen molar-refractivity contribution in [2.24, 2.45) is 0 Å². The zero-order valence-corrected chi connectivity index (χ0v) is 12.0. The third-order valence-corrected chi connectivity index (χ3v) is 4.51. The molecule has 2 heterocycles. The molecule has 1 atom stereocenters. The Balaban J connectivity index is 1.84. The molecule has 3 rings (SSSR count). The monoisotopic (exact) mass is 327 g/mol. The molecule has 1 unspecified atom stereocenters. The van der Waals surface area contributed by atoms with E-state index in [1.54, 1.807) is 6.07 Å². The Morgan fingerprint density at radius 3 is 2.95 bits per heavy atom. The summed E-state index contributed by atoms with van der Waals surface area (Å²) in [6.45, 7) is 2.13. The van der Waals surface area contributed by atoms with Gasteiger partial charge in [0.25, 0.3) is 0 Å².